The highest BCUT2D eigenvalue weighted by Crippen LogP contribution is 2.28. The van der Waals surface area contributed by atoms with Crippen molar-refractivity contribution in [1.82, 2.24) is 20.1 Å². The van der Waals surface area contributed by atoms with Crippen molar-refractivity contribution < 1.29 is 14.3 Å². The SMILES string of the molecule is COc1ccc(N(Cc2cccnc2)C2CCN([C@H](C)CCNC(=O)c3c(C)cc(C(=O)N4CCCC4)cc3C)CC2)cc1. The molecule has 1 N–H and O–H groups in total. The van der Waals surface area contributed by atoms with Crippen LogP contribution >= 0.6 is 0 Å². The molecule has 1 aromatic heterocycles. The summed E-state index contributed by atoms with van der Waals surface area (Å²) in [4.78, 5) is 37.4. The summed E-state index contributed by atoms with van der Waals surface area (Å²) >= 11 is 0. The minimum atomic E-state index is -0.0587. The van der Waals surface area contributed by atoms with Gasteiger partial charge in [-0.3, -0.25) is 14.6 Å². The zero-order valence-electron chi connectivity index (χ0n) is 26.7. The second kappa shape index (κ2) is 14.7. The van der Waals surface area contributed by atoms with Crippen LogP contribution in [-0.4, -0.2) is 78.5 Å². The number of anilines is 1. The first-order chi connectivity index (χ1) is 21.3. The van der Waals surface area contributed by atoms with Crippen LogP contribution in [0.25, 0.3) is 0 Å². The third-order valence-corrected chi connectivity index (χ3v) is 9.29. The van der Waals surface area contributed by atoms with Gasteiger partial charge >= 0.3 is 0 Å². The number of hydrogen-bond acceptors (Lipinski definition) is 6. The van der Waals surface area contributed by atoms with Gasteiger partial charge in [0.1, 0.15) is 5.75 Å². The number of methoxy groups -OCH3 is 1. The van der Waals surface area contributed by atoms with Crippen molar-refractivity contribution in [2.45, 2.75) is 71.5 Å². The monoisotopic (exact) mass is 597 g/mol. The van der Waals surface area contributed by atoms with E-state index in [1.54, 1.807) is 7.11 Å². The molecular weight excluding hydrogens is 550 g/mol. The fraction of sp³-hybridized carbons (Fsp3) is 0.472. The van der Waals surface area contributed by atoms with Crippen LogP contribution in [0.4, 0.5) is 5.69 Å². The highest BCUT2D eigenvalue weighted by molar-refractivity contribution is 6.00. The summed E-state index contributed by atoms with van der Waals surface area (Å²) < 4.78 is 5.39. The molecular formula is C36H47N5O3. The number of hydrogen-bond donors (Lipinski definition) is 1. The molecule has 8 nitrogen and oxygen atoms in total. The van der Waals surface area contributed by atoms with E-state index in [2.05, 4.69) is 45.2 Å². The summed E-state index contributed by atoms with van der Waals surface area (Å²) in [5.74, 6) is 0.875. The Balaban J connectivity index is 1.13. The van der Waals surface area contributed by atoms with E-state index in [0.717, 1.165) is 81.7 Å². The highest BCUT2D eigenvalue weighted by atomic mass is 16.5. The van der Waals surface area contributed by atoms with E-state index in [1.165, 1.54) is 11.3 Å². The van der Waals surface area contributed by atoms with Crippen LogP contribution in [0.1, 0.15) is 76.4 Å². The normalized spacial score (nSPS) is 16.5. The van der Waals surface area contributed by atoms with Crippen LogP contribution in [0.15, 0.2) is 60.9 Å². The number of pyridine rings is 1. The summed E-state index contributed by atoms with van der Waals surface area (Å²) in [6.07, 6.45) is 8.93. The molecule has 5 rings (SSSR count). The van der Waals surface area contributed by atoms with Crippen LogP contribution in [0.2, 0.25) is 0 Å². The van der Waals surface area contributed by atoms with Crippen molar-refractivity contribution in [3.8, 4) is 5.75 Å². The Morgan fingerprint density at radius 3 is 2.32 bits per heavy atom. The Morgan fingerprint density at radius 2 is 1.70 bits per heavy atom. The predicted molar refractivity (Wildman–Crippen MR) is 175 cm³/mol. The average molecular weight is 598 g/mol. The molecule has 2 aromatic carbocycles. The van der Waals surface area contributed by atoms with Crippen LogP contribution in [0.5, 0.6) is 5.75 Å². The van der Waals surface area contributed by atoms with Crippen molar-refractivity contribution in [1.29, 1.82) is 0 Å². The topological polar surface area (TPSA) is 78.0 Å². The highest BCUT2D eigenvalue weighted by Gasteiger charge is 2.28. The number of likely N-dealkylation sites (tertiary alicyclic amines) is 2. The molecule has 2 aliphatic rings. The molecule has 8 heteroatoms. The Labute approximate surface area is 262 Å². The molecule has 234 valence electrons. The molecule has 3 aromatic rings. The number of amides is 2. The summed E-state index contributed by atoms with van der Waals surface area (Å²) in [5.41, 5.74) is 5.47. The van der Waals surface area contributed by atoms with Gasteiger partial charge in [-0.05, 0) is 112 Å². The van der Waals surface area contributed by atoms with E-state index in [4.69, 9.17) is 4.74 Å². The number of aromatic nitrogens is 1. The maximum atomic E-state index is 13.2. The second-order valence-corrected chi connectivity index (χ2v) is 12.3. The first-order valence-corrected chi connectivity index (χ1v) is 16.1. The number of carbonyl (C=O) groups is 2. The van der Waals surface area contributed by atoms with E-state index in [-0.39, 0.29) is 11.8 Å². The van der Waals surface area contributed by atoms with E-state index in [0.29, 0.717) is 29.8 Å². The van der Waals surface area contributed by atoms with Crippen LogP contribution < -0.4 is 15.0 Å². The smallest absolute Gasteiger partial charge is 0.253 e. The molecule has 0 aliphatic carbocycles. The number of nitrogens with zero attached hydrogens (tertiary/aromatic N) is 4. The van der Waals surface area contributed by atoms with Crippen molar-refractivity contribution in [2.24, 2.45) is 0 Å². The molecule has 2 amide bonds. The second-order valence-electron chi connectivity index (χ2n) is 12.3. The van der Waals surface area contributed by atoms with Crippen molar-refractivity contribution in [2.75, 3.05) is 44.7 Å². The van der Waals surface area contributed by atoms with Crippen molar-refractivity contribution >= 4 is 17.5 Å². The van der Waals surface area contributed by atoms with Gasteiger partial charge in [-0.25, -0.2) is 0 Å². The van der Waals surface area contributed by atoms with E-state index < -0.39 is 0 Å². The van der Waals surface area contributed by atoms with E-state index in [9.17, 15) is 9.59 Å². The van der Waals surface area contributed by atoms with Crippen LogP contribution in [0.3, 0.4) is 0 Å². The number of carbonyl (C=O) groups excluding carboxylic acids is 2. The fourth-order valence-electron chi connectivity index (χ4n) is 6.75. The Kier molecular flexibility index (Phi) is 10.5. The molecule has 3 heterocycles. The quantitative estimate of drug-likeness (QED) is 0.309. The molecule has 0 radical (unpaired) electrons. The third-order valence-electron chi connectivity index (χ3n) is 9.29. The van der Waals surface area contributed by atoms with E-state index >= 15 is 0 Å². The first kappa shape index (κ1) is 31.5. The van der Waals surface area contributed by atoms with Gasteiger partial charge in [-0.15, -0.1) is 0 Å². The lowest BCUT2D eigenvalue weighted by atomic mass is 9.97. The van der Waals surface area contributed by atoms with Crippen molar-refractivity contribution in [3.63, 3.8) is 0 Å². The molecule has 0 spiro atoms. The lowest BCUT2D eigenvalue weighted by molar-refractivity contribution is 0.0791. The van der Waals surface area contributed by atoms with Crippen LogP contribution in [0, 0.1) is 13.8 Å². The predicted octanol–water partition coefficient (Wildman–Crippen LogP) is 5.62. The molecule has 0 saturated carbocycles. The van der Waals surface area contributed by atoms with Gasteiger partial charge in [0.15, 0.2) is 0 Å². The Bertz CT molecular complexity index is 1370. The number of nitrogens with one attached hydrogen (secondary N) is 1. The maximum absolute atomic E-state index is 13.2. The largest absolute Gasteiger partial charge is 0.497 e. The Morgan fingerprint density at radius 1 is 1.02 bits per heavy atom. The number of ether oxygens (including phenoxy) is 1. The van der Waals surface area contributed by atoms with Gasteiger partial charge in [0, 0.05) is 80.6 Å². The molecule has 44 heavy (non-hydrogen) atoms. The van der Waals surface area contributed by atoms with Crippen LogP contribution in [-0.2, 0) is 6.54 Å². The number of benzene rings is 2. The molecule has 2 saturated heterocycles. The van der Waals surface area contributed by atoms with Gasteiger partial charge in [0.25, 0.3) is 11.8 Å². The number of aryl methyl sites for hydroxylation is 2. The van der Waals surface area contributed by atoms with Gasteiger partial charge in [0.05, 0.1) is 7.11 Å². The van der Waals surface area contributed by atoms with Gasteiger partial charge in [0.2, 0.25) is 0 Å². The first-order valence-electron chi connectivity index (χ1n) is 16.1. The molecule has 1 atom stereocenters. The zero-order valence-corrected chi connectivity index (χ0v) is 26.7. The number of rotatable bonds is 11. The summed E-state index contributed by atoms with van der Waals surface area (Å²) in [6, 6.07) is 17.0. The molecule has 0 bridgehead atoms. The maximum Gasteiger partial charge on any atom is 0.253 e. The number of piperidine rings is 1. The third kappa shape index (κ3) is 7.59. The Hall–Kier alpha value is -3.91. The molecule has 2 fully saturated rings. The molecule has 2 aliphatic heterocycles. The lowest BCUT2D eigenvalue weighted by Gasteiger charge is -2.42. The summed E-state index contributed by atoms with van der Waals surface area (Å²) in [6.45, 7) is 11.2. The summed E-state index contributed by atoms with van der Waals surface area (Å²) in [7, 11) is 1.70. The minimum absolute atomic E-state index is 0.0587. The fourth-order valence-corrected chi connectivity index (χ4v) is 6.75. The van der Waals surface area contributed by atoms with Gasteiger partial charge in [-0.1, -0.05) is 6.07 Å². The minimum Gasteiger partial charge on any atom is -0.497 e. The van der Waals surface area contributed by atoms with E-state index in [1.807, 2.05) is 61.5 Å². The standard InChI is InChI=1S/C36H47N5O3/c1-26-22-30(36(43)40-18-5-6-19-40)23-27(2)34(26)35(42)38-17-13-28(3)39-20-14-32(15-21-39)41(25-29-8-7-16-37-24-29)31-9-11-33(44-4)12-10-31/h7-12,16,22-24,28,32H,5-6,13-15,17-21,25H2,1-4H3,(H,38,42)/t28-/m1/s1. The molecule has 0 unspecified atom stereocenters. The lowest BCUT2D eigenvalue weighted by Crippen LogP contribution is -2.48. The van der Waals surface area contributed by atoms with Gasteiger partial charge < -0.3 is 24.8 Å². The van der Waals surface area contributed by atoms with Crippen molar-refractivity contribution in [3.05, 3.63) is 88.7 Å². The zero-order chi connectivity index (χ0) is 31.1. The van der Waals surface area contributed by atoms with Gasteiger partial charge in [-0.2, -0.15) is 0 Å². The average Bonchev–Trinajstić information content (AvgIpc) is 3.59. The summed E-state index contributed by atoms with van der Waals surface area (Å²) in [5, 5.41) is 3.15.